The van der Waals surface area contributed by atoms with Gasteiger partial charge in [0, 0.05) is 11.5 Å². The Bertz CT molecular complexity index is 865. The van der Waals surface area contributed by atoms with Crippen molar-refractivity contribution in [3.8, 4) is 11.5 Å². The van der Waals surface area contributed by atoms with Gasteiger partial charge < -0.3 is 19.3 Å². The van der Waals surface area contributed by atoms with Crippen molar-refractivity contribution in [1.82, 2.24) is 0 Å². The second kappa shape index (κ2) is 9.02. The first-order valence-electron chi connectivity index (χ1n) is 10.6. The van der Waals surface area contributed by atoms with E-state index >= 15 is 0 Å². The molecule has 0 saturated carbocycles. The molecule has 158 valence electrons. The summed E-state index contributed by atoms with van der Waals surface area (Å²) in [4.78, 5) is 12.7. The lowest BCUT2D eigenvalue weighted by Crippen LogP contribution is -2.20. The van der Waals surface area contributed by atoms with Crippen LogP contribution in [0.3, 0.4) is 0 Å². The fourth-order valence-corrected chi connectivity index (χ4v) is 3.90. The Labute approximate surface area is 177 Å². The molecule has 1 N–H and O–H groups in total. The molecule has 3 atom stereocenters. The van der Waals surface area contributed by atoms with Gasteiger partial charge in [-0.3, -0.25) is 0 Å². The Morgan fingerprint density at radius 1 is 1.03 bits per heavy atom. The molecule has 3 unspecified atom stereocenters. The quantitative estimate of drug-likeness (QED) is 0.269. The number of benzene rings is 2. The molecule has 0 bridgehead atoms. The van der Waals surface area contributed by atoms with E-state index in [2.05, 4.69) is 13.5 Å². The minimum absolute atomic E-state index is 0.0238. The van der Waals surface area contributed by atoms with Crippen LogP contribution in [0.25, 0.3) is 0 Å². The standard InChI is InChI=1S/C25H28O5/c1-3-24(17-4-8-20(26)9-5-17)18-6-10-21(11-7-18)30-25(27)16(2)19(12-22-14-28-22)13-23-15-29-23/h4-11,19,22-24,26H,2-3,12-15H2,1H3. The average molecular weight is 408 g/mol. The molecule has 0 spiro atoms. The molecule has 2 fully saturated rings. The van der Waals surface area contributed by atoms with Gasteiger partial charge in [-0.2, -0.15) is 0 Å². The fourth-order valence-electron chi connectivity index (χ4n) is 3.90. The molecule has 2 aliphatic rings. The molecule has 30 heavy (non-hydrogen) atoms. The van der Waals surface area contributed by atoms with Crippen molar-refractivity contribution in [3.05, 3.63) is 71.8 Å². The van der Waals surface area contributed by atoms with Crippen molar-refractivity contribution in [3.63, 3.8) is 0 Å². The number of epoxide rings is 2. The van der Waals surface area contributed by atoms with Crippen molar-refractivity contribution in [1.29, 1.82) is 0 Å². The van der Waals surface area contributed by atoms with Crippen LogP contribution < -0.4 is 4.74 Å². The molecular weight excluding hydrogens is 380 g/mol. The SMILES string of the molecule is C=C(C(=O)Oc1ccc(C(CC)c2ccc(O)cc2)cc1)C(CC1CO1)CC1CO1. The predicted molar refractivity (Wildman–Crippen MR) is 114 cm³/mol. The summed E-state index contributed by atoms with van der Waals surface area (Å²) in [7, 11) is 0. The first kappa shape index (κ1) is 20.6. The molecule has 2 saturated heterocycles. The van der Waals surface area contributed by atoms with E-state index in [0.717, 1.165) is 43.6 Å². The van der Waals surface area contributed by atoms with Crippen molar-refractivity contribution in [2.24, 2.45) is 5.92 Å². The van der Waals surface area contributed by atoms with Crippen molar-refractivity contribution in [2.75, 3.05) is 13.2 Å². The van der Waals surface area contributed by atoms with Gasteiger partial charge in [0.25, 0.3) is 0 Å². The minimum atomic E-state index is -0.389. The lowest BCUT2D eigenvalue weighted by Gasteiger charge is -2.18. The number of carbonyl (C=O) groups excluding carboxylic acids is 1. The van der Waals surface area contributed by atoms with Crippen molar-refractivity contribution in [2.45, 2.75) is 44.3 Å². The summed E-state index contributed by atoms with van der Waals surface area (Å²) < 4.78 is 16.3. The van der Waals surface area contributed by atoms with Gasteiger partial charge in [0.05, 0.1) is 25.4 Å². The lowest BCUT2D eigenvalue weighted by atomic mass is 9.89. The van der Waals surface area contributed by atoms with Gasteiger partial charge in [-0.05, 0) is 60.6 Å². The van der Waals surface area contributed by atoms with Crippen LogP contribution in [0.1, 0.15) is 43.2 Å². The van der Waals surface area contributed by atoms with Crippen molar-refractivity contribution < 1.29 is 24.1 Å². The molecule has 0 aromatic heterocycles. The van der Waals surface area contributed by atoms with Gasteiger partial charge >= 0.3 is 5.97 Å². The van der Waals surface area contributed by atoms with Gasteiger partial charge in [-0.15, -0.1) is 0 Å². The Balaban J connectivity index is 1.39. The van der Waals surface area contributed by atoms with Gasteiger partial charge in [0.2, 0.25) is 0 Å². The van der Waals surface area contributed by atoms with Gasteiger partial charge in [0.15, 0.2) is 0 Å². The first-order valence-corrected chi connectivity index (χ1v) is 10.6. The number of hydrogen-bond donors (Lipinski definition) is 1. The third-order valence-corrected chi connectivity index (χ3v) is 5.85. The molecule has 0 aliphatic carbocycles. The average Bonchev–Trinajstić information content (AvgIpc) is 3.67. The predicted octanol–water partition coefficient (Wildman–Crippen LogP) is 4.59. The molecular formula is C25H28O5. The third kappa shape index (κ3) is 5.29. The highest BCUT2D eigenvalue weighted by molar-refractivity contribution is 5.90. The fraction of sp³-hybridized carbons (Fsp3) is 0.400. The molecule has 0 radical (unpaired) electrons. The maximum absolute atomic E-state index is 12.7. The topological polar surface area (TPSA) is 71.6 Å². The smallest absolute Gasteiger partial charge is 0.339 e. The van der Waals surface area contributed by atoms with Crippen molar-refractivity contribution >= 4 is 5.97 Å². The third-order valence-electron chi connectivity index (χ3n) is 5.85. The number of hydrogen-bond acceptors (Lipinski definition) is 5. The van der Waals surface area contributed by atoms with Gasteiger partial charge in [0.1, 0.15) is 11.5 Å². The Morgan fingerprint density at radius 2 is 1.53 bits per heavy atom. The summed E-state index contributed by atoms with van der Waals surface area (Å²) in [6.45, 7) is 7.65. The second-order valence-electron chi connectivity index (χ2n) is 8.12. The molecule has 5 nitrogen and oxygen atoms in total. The highest BCUT2D eigenvalue weighted by atomic mass is 16.6. The van der Waals surface area contributed by atoms with E-state index in [-0.39, 0.29) is 35.8 Å². The Morgan fingerprint density at radius 3 is 2.00 bits per heavy atom. The number of esters is 1. The maximum atomic E-state index is 12.7. The van der Waals surface area contributed by atoms with E-state index in [1.54, 1.807) is 12.1 Å². The number of phenolic OH excluding ortho intramolecular Hbond substituents is 1. The van der Waals surface area contributed by atoms with E-state index in [1.807, 2.05) is 36.4 Å². The lowest BCUT2D eigenvalue weighted by molar-refractivity contribution is -0.130. The molecule has 2 aliphatic heterocycles. The van der Waals surface area contributed by atoms with Crippen LogP contribution in [-0.2, 0) is 14.3 Å². The first-order chi connectivity index (χ1) is 14.5. The summed E-state index contributed by atoms with van der Waals surface area (Å²) in [6.07, 6.45) is 2.95. The summed E-state index contributed by atoms with van der Waals surface area (Å²) in [6, 6.07) is 14.9. The number of aromatic hydroxyl groups is 1. The van der Waals surface area contributed by atoms with E-state index < -0.39 is 0 Å². The van der Waals surface area contributed by atoms with Crippen LogP contribution in [0.4, 0.5) is 0 Å². The highest BCUT2D eigenvalue weighted by Gasteiger charge is 2.35. The number of phenols is 1. The van der Waals surface area contributed by atoms with Gasteiger partial charge in [-0.25, -0.2) is 4.79 Å². The molecule has 2 aromatic carbocycles. The highest BCUT2D eigenvalue weighted by Crippen LogP contribution is 2.33. The van der Waals surface area contributed by atoms with Crippen LogP contribution >= 0.6 is 0 Å². The molecule has 5 heteroatoms. The largest absolute Gasteiger partial charge is 0.508 e. The molecule has 0 amide bonds. The summed E-state index contributed by atoms with van der Waals surface area (Å²) in [5.41, 5.74) is 2.76. The van der Waals surface area contributed by atoms with Crippen LogP contribution in [-0.4, -0.2) is 36.5 Å². The summed E-state index contributed by atoms with van der Waals surface area (Å²) >= 11 is 0. The zero-order chi connectivity index (χ0) is 21.1. The minimum Gasteiger partial charge on any atom is -0.508 e. The molecule has 4 rings (SSSR count). The zero-order valence-corrected chi connectivity index (χ0v) is 17.3. The number of rotatable bonds is 10. The van der Waals surface area contributed by atoms with E-state index in [0.29, 0.717) is 11.3 Å². The van der Waals surface area contributed by atoms with Crippen LogP contribution in [0.15, 0.2) is 60.7 Å². The Hall–Kier alpha value is -2.63. The van der Waals surface area contributed by atoms with Crippen LogP contribution in [0.2, 0.25) is 0 Å². The second-order valence-corrected chi connectivity index (χ2v) is 8.12. The van der Waals surface area contributed by atoms with Gasteiger partial charge in [-0.1, -0.05) is 37.8 Å². The Kier molecular flexibility index (Phi) is 6.21. The number of carbonyl (C=O) groups is 1. The normalized spacial score (nSPS) is 21.5. The van der Waals surface area contributed by atoms with E-state index in [1.165, 1.54) is 0 Å². The molecule has 2 aromatic rings. The van der Waals surface area contributed by atoms with Crippen LogP contribution in [0, 0.1) is 5.92 Å². The zero-order valence-electron chi connectivity index (χ0n) is 17.3. The molecule has 2 heterocycles. The van der Waals surface area contributed by atoms with E-state index in [4.69, 9.17) is 14.2 Å². The summed E-state index contributed by atoms with van der Waals surface area (Å²) in [5, 5.41) is 9.52. The number of ether oxygens (including phenoxy) is 3. The van der Waals surface area contributed by atoms with Crippen LogP contribution in [0.5, 0.6) is 11.5 Å². The maximum Gasteiger partial charge on any atom is 0.339 e. The van der Waals surface area contributed by atoms with E-state index in [9.17, 15) is 9.90 Å². The summed E-state index contributed by atoms with van der Waals surface area (Å²) in [5.74, 6) is 0.618. The monoisotopic (exact) mass is 408 g/mol.